The van der Waals surface area contributed by atoms with Crippen molar-refractivity contribution in [2.24, 2.45) is 0 Å². The molecule has 1 N–H and O–H groups in total. The molecule has 0 saturated carbocycles. The molecule has 1 atom stereocenters. The molecule has 7 heteroatoms. The van der Waals surface area contributed by atoms with E-state index in [2.05, 4.69) is 0 Å². The van der Waals surface area contributed by atoms with Crippen LogP contribution in [0.2, 0.25) is 0 Å². The van der Waals surface area contributed by atoms with E-state index in [4.69, 9.17) is 4.84 Å². The van der Waals surface area contributed by atoms with Gasteiger partial charge in [-0.15, -0.1) is 5.06 Å². The topological polar surface area (TPSA) is 92.8 Å². The molecule has 15 heavy (non-hydrogen) atoms. The van der Waals surface area contributed by atoms with Gasteiger partial charge in [-0.3, -0.25) is 24.5 Å². The van der Waals surface area contributed by atoms with E-state index in [-0.39, 0.29) is 6.42 Å². The van der Waals surface area contributed by atoms with E-state index in [9.17, 15) is 19.2 Å². The number of amides is 4. The minimum absolute atomic E-state index is 0.185. The average molecular weight is 210 g/mol. The van der Waals surface area contributed by atoms with Crippen molar-refractivity contribution >= 4 is 23.6 Å². The van der Waals surface area contributed by atoms with Crippen LogP contribution in [-0.2, 0) is 24.0 Å². The van der Waals surface area contributed by atoms with Gasteiger partial charge < -0.3 is 0 Å². The summed E-state index contributed by atoms with van der Waals surface area (Å²) in [6.07, 6.45) is 0.759. The molecule has 4 amide bonds. The minimum atomic E-state index is -1.11. The van der Waals surface area contributed by atoms with Gasteiger partial charge in [-0.2, -0.15) is 0 Å². The molecule has 7 nitrogen and oxygen atoms in total. The van der Waals surface area contributed by atoms with Crippen LogP contribution in [0, 0.1) is 0 Å². The van der Waals surface area contributed by atoms with Crippen molar-refractivity contribution in [1.29, 1.82) is 0 Å². The quantitative estimate of drug-likeness (QED) is 0.546. The van der Waals surface area contributed by atoms with Crippen LogP contribution in [0.5, 0.6) is 0 Å². The lowest BCUT2D eigenvalue weighted by atomic mass is 10.3. The van der Waals surface area contributed by atoms with E-state index in [0.29, 0.717) is 5.06 Å². The molecule has 2 heterocycles. The standard InChI is InChI=1S/C8H6N2O5/c11-5-3-4(8(14)9-5)15-10-6(12)1-2-7(10)13/h1-2,4H,3H2,(H,9,11,14). The first kappa shape index (κ1) is 9.53. The zero-order chi connectivity index (χ0) is 11.0. The maximum absolute atomic E-state index is 11.1. The van der Waals surface area contributed by atoms with E-state index in [1.807, 2.05) is 5.32 Å². The number of nitrogens with one attached hydrogen (secondary N) is 1. The molecule has 0 bridgehead atoms. The molecule has 0 aromatic carbocycles. The fourth-order valence-electron chi connectivity index (χ4n) is 1.23. The molecular weight excluding hydrogens is 204 g/mol. The number of rotatable bonds is 2. The lowest BCUT2D eigenvalue weighted by molar-refractivity contribution is -0.199. The Kier molecular flexibility index (Phi) is 2.09. The predicted octanol–water partition coefficient (Wildman–Crippen LogP) is -1.74. The number of carbonyl (C=O) groups excluding carboxylic acids is 4. The van der Waals surface area contributed by atoms with Gasteiger partial charge in [-0.1, -0.05) is 0 Å². The summed E-state index contributed by atoms with van der Waals surface area (Å²) in [7, 11) is 0. The number of hydrogen-bond acceptors (Lipinski definition) is 5. The smallest absolute Gasteiger partial charge is 0.277 e. The molecule has 78 valence electrons. The van der Waals surface area contributed by atoms with Crippen LogP contribution in [0.4, 0.5) is 0 Å². The van der Waals surface area contributed by atoms with Gasteiger partial charge in [-0.25, -0.2) is 4.84 Å². The van der Waals surface area contributed by atoms with Gasteiger partial charge >= 0.3 is 0 Å². The highest BCUT2D eigenvalue weighted by Crippen LogP contribution is 2.12. The minimum Gasteiger partial charge on any atom is -0.294 e. The van der Waals surface area contributed by atoms with Gasteiger partial charge in [0.05, 0.1) is 6.42 Å². The summed E-state index contributed by atoms with van der Waals surface area (Å²) < 4.78 is 0. The Hall–Kier alpha value is -2.02. The number of imide groups is 2. The Labute approximate surface area is 83.6 Å². The summed E-state index contributed by atoms with van der Waals surface area (Å²) in [6.45, 7) is 0. The van der Waals surface area contributed by atoms with Crippen molar-refractivity contribution in [2.75, 3.05) is 0 Å². The second-order valence-electron chi connectivity index (χ2n) is 3.01. The molecule has 1 unspecified atom stereocenters. The van der Waals surface area contributed by atoms with E-state index in [0.717, 1.165) is 12.2 Å². The van der Waals surface area contributed by atoms with Crippen LogP contribution in [0.1, 0.15) is 6.42 Å². The highest BCUT2D eigenvalue weighted by molar-refractivity contribution is 6.12. The van der Waals surface area contributed by atoms with Crippen LogP contribution in [0.15, 0.2) is 12.2 Å². The van der Waals surface area contributed by atoms with Crippen LogP contribution in [0.25, 0.3) is 0 Å². The third-order valence-electron chi connectivity index (χ3n) is 1.93. The summed E-state index contributed by atoms with van der Waals surface area (Å²) in [4.78, 5) is 48.7. The number of hydrogen-bond donors (Lipinski definition) is 1. The van der Waals surface area contributed by atoms with Gasteiger partial charge in [0.25, 0.3) is 17.7 Å². The molecule has 1 saturated heterocycles. The van der Waals surface area contributed by atoms with E-state index in [1.165, 1.54) is 0 Å². The summed E-state index contributed by atoms with van der Waals surface area (Å²) in [5, 5.41) is 2.46. The van der Waals surface area contributed by atoms with Crippen LogP contribution < -0.4 is 5.32 Å². The number of carbonyl (C=O) groups is 4. The molecule has 2 aliphatic rings. The van der Waals surface area contributed by atoms with Gasteiger partial charge in [0.1, 0.15) is 0 Å². The number of nitrogens with zero attached hydrogens (tertiary/aromatic N) is 1. The Morgan fingerprint density at radius 1 is 1.20 bits per heavy atom. The Bertz CT molecular complexity index is 382. The van der Waals surface area contributed by atoms with Crippen LogP contribution >= 0.6 is 0 Å². The third kappa shape index (κ3) is 1.64. The van der Waals surface area contributed by atoms with Crippen molar-refractivity contribution in [2.45, 2.75) is 12.5 Å². The molecule has 0 aromatic rings. The highest BCUT2D eigenvalue weighted by atomic mass is 16.7. The monoisotopic (exact) mass is 210 g/mol. The SMILES string of the molecule is O=C1CC(ON2C(=O)C=CC2=O)C(=O)N1. The lowest BCUT2D eigenvalue weighted by Crippen LogP contribution is -2.37. The molecule has 0 spiro atoms. The van der Waals surface area contributed by atoms with Gasteiger partial charge in [0, 0.05) is 12.2 Å². The molecule has 0 radical (unpaired) electrons. The first-order chi connectivity index (χ1) is 7.08. The highest BCUT2D eigenvalue weighted by Gasteiger charge is 2.37. The Morgan fingerprint density at radius 2 is 1.80 bits per heavy atom. The van der Waals surface area contributed by atoms with E-state index < -0.39 is 29.7 Å². The summed E-state index contributed by atoms with van der Waals surface area (Å²) in [6, 6.07) is 0. The molecule has 2 aliphatic heterocycles. The number of hydroxylamine groups is 2. The second-order valence-corrected chi connectivity index (χ2v) is 3.01. The van der Waals surface area contributed by atoms with E-state index in [1.54, 1.807) is 0 Å². The van der Waals surface area contributed by atoms with Gasteiger partial charge in [-0.05, 0) is 0 Å². The lowest BCUT2D eigenvalue weighted by Gasteiger charge is -2.15. The maximum Gasteiger partial charge on any atom is 0.277 e. The van der Waals surface area contributed by atoms with Crippen molar-refractivity contribution in [1.82, 2.24) is 10.4 Å². The zero-order valence-corrected chi connectivity index (χ0v) is 7.43. The predicted molar refractivity (Wildman–Crippen MR) is 43.6 cm³/mol. The molecular formula is C8H6N2O5. The summed E-state index contributed by atoms with van der Waals surface area (Å²) >= 11 is 0. The zero-order valence-electron chi connectivity index (χ0n) is 7.43. The Balaban J connectivity index is 2.04. The maximum atomic E-state index is 11.1. The average Bonchev–Trinajstić information content (AvgIpc) is 2.63. The van der Waals surface area contributed by atoms with Crippen LogP contribution in [-0.4, -0.2) is 34.8 Å². The third-order valence-corrected chi connectivity index (χ3v) is 1.93. The first-order valence-electron chi connectivity index (χ1n) is 4.14. The molecule has 1 fully saturated rings. The molecule has 0 aromatic heterocycles. The molecule has 0 aliphatic carbocycles. The van der Waals surface area contributed by atoms with Gasteiger partial charge in [0.15, 0.2) is 6.10 Å². The van der Waals surface area contributed by atoms with Gasteiger partial charge in [0.2, 0.25) is 5.91 Å². The summed E-state index contributed by atoms with van der Waals surface area (Å²) in [5.74, 6) is -2.45. The Morgan fingerprint density at radius 3 is 2.27 bits per heavy atom. The largest absolute Gasteiger partial charge is 0.294 e. The van der Waals surface area contributed by atoms with E-state index >= 15 is 0 Å². The second kappa shape index (κ2) is 3.28. The normalized spacial score (nSPS) is 25.3. The van der Waals surface area contributed by atoms with Crippen LogP contribution in [0.3, 0.4) is 0 Å². The fourth-order valence-corrected chi connectivity index (χ4v) is 1.23. The molecule has 2 rings (SSSR count). The van der Waals surface area contributed by atoms with Crippen molar-refractivity contribution in [3.05, 3.63) is 12.2 Å². The fraction of sp³-hybridized carbons (Fsp3) is 0.250. The van der Waals surface area contributed by atoms with Crippen molar-refractivity contribution in [3.63, 3.8) is 0 Å². The summed E-state index contributed by atoms with van der Waals surface area (Å²) in [5.41, 5.74) is 0. The first-order valence-corrected chi connectivity index (χ1v) is 4.14. The van der Waals surface area contributed by atoms with Crippen molar-refractivity contribution in [3.8, 4) is 0 Å². The van der Waals surface area contributed by atoms with Crippen molar-refractivity contribution < 1.29 is 24.0 Å².